The summed E-state index contributed by atoms with van der Waals surface area (Å²) in [6, 6.07) is 5.03. The number of aromatic nitrogens is 1. The molecule has 0 spiro atoms. The van der Waals surface area contributed by atoms with Crippen LogP contribution in [0.5, 0.6) is 5.75 Å². The summed E-state index contributed by atoms with van der Waals surface area (Å²) in [4.78, 5) is 19.5. The lowest BCUT2D eigenvalue weighted by Crippen LogP contribution is -2.35. The first-order valence-corrected chi connectivity index (χ1v) is 9.79. The Morgan fingerprint density at radius 3 is 2.92 bits per heavy atom. The molecular weight excluding hydrogens is 374 g/mol. The molecule has 3 rings (SSSR count). The SMILES string of the molecule is CC(C)Oc1ccc(Cl)cc1C(=O)Nc1nc(CN2CCOCC2)cs1. The second-order valence-electron chi connectivity index (χ2n) is 6.29. The van der Waals surface area contributed by atoms with Crippen molar-refractivity contribution in [3.8, 4) is 5.75 Å². The van der Waals surface area contributed by atoms with Crippen molar-refractivity contribution in [2.75, 3.05) is 31.6 Å². The van der Waals surface area contributed by atoms with Gasteiger partial charge in [-0.3, -0.25) is 15.0 Å². The van der Waals surface area contributed by atoms with Crippen LogP contribution in [0, 0.1) is 0 Å². The number of anilines is 1. The molecule has 8 heteroatoms. The molecule has 1 saturated heterocycles. The van der Waals surface area contributed by atoms with Gasteiger partial charge in [-0.05, 0) is 32.0 Å². The van der Waals surface area contributed by atoms with E-state index >= 15 is 0 Å². The number of hydrogen-bond donors (Lipinski definition) is 1. The van der Waals surface area contributed by atoms with E-state index in [0.717, 1.165) is 38.5 Å². The van der Waals surface area contributed by atoms with E-state index in [1.165, 1.54) is 11.3 Å². The number of rotatable bonds is 6. The fourth-order valence-electron chi connectivity index (χ4n) is 2.63. The van der Waals surface area contributed by atoms with Crippen molar-refractivity contribution in [1.29, 1.82) is 0 Å². The number of morpholine rings is 1. The molecule has 1 fully saturated rings. The van der Waals surface area contributed by atoms with E-state index < -0.39 is 0 Å². The number of benzene rings is 1. The number of carbonyl (C=O) groups excluding carboxylic acids is 1. The zero-order chi connectivity index (χ0) is 18.5. The van der Waals surface area contributed by atoms with Crippen LogP contribution < -0.4 is 10.1 Å². The molecule has 0 unspecified atom stereocenters. The van der Waals surface area contributed by atoms with E-state index in [9.17, 15) is 4.79 Å². The van der Waals surface area contributed by atoms with Crippen molar-refractivity contribution in [3.63, 3.8) is 0 Å². The van der Waals surface area contributed by atoms with Crippen LogP contribution in [0.15, 0.2) is 23.6 Å². The molecule has 1 aliphatic rings. The van der Waals surface area contributed by atoms with Gasteiger partial charge in [0, 0.05) is 30.0 Å². The molecular formula is C18H22ClN3O3S. The second kappa shape index (κ2) is 8.81. The van der Waals surface area contributed by atoms with Crippen LogP contribution >= 0.6 is 22.9 Å². The predicted molar refractivity (Wildman–Crippen MR) is 103 cm³/mol. The van der Waals surface area contributed by atoms with Crippen LogP contribution in [0.25, 0.3) is 0 Å². The molecule has 1 N–H and O–H groups in total. The Bertz CT molecular complexity index is 760. The number of nitrogens with one attached hydrogen (secondary N) is 1. The maximum atomic E-state index is 12.7. The molecule has 2 heterocycles. The fraction of sp³-hybridized carbons (Fsp3) is 0.444. The van der Waals surface area contributed by atoms with E-state index in [4.69, 9.17) is 21.1 Å². The Morgan fingerprint density at radius 2 is 2.19 bits per heavy atom. The second-order valence-corrected chi connectivity index (χ2v) is 7.59. The molecule has 1 amide bonds. The Hall–Kier alpha value is -1.67. The van der Waals surface area contributed by atoms with Crippen LogP contribution in [0.3, 0.4) is 0 Å². The minimum atomic E-state index is -0.282. The molecule has 1 aromatic heterocycles. The first-order chi connectivity index (χ1) is 12.5. The highest BCUT2D eigenvalue weighted by molar-refractivity contribution is 7.14. The summed E-state index contributed by atoms with van der Waals surface area (Å²) in [6.07, 6.45) is -0.0392. The number of thiazole rings is 1. The quantitative estimate of drug-likeness (QED) is 0.808. The number of nitrogens with zero attached hydrogens (tertiary/aromatic N) is 2. The van der Waals surface area contributed by atoms with Crippen molar-refractivity contribution in [2.45, 2.75) is 26.5 Å². The molecule has 6 nitrogen and oxygen atoms in total. The summed E-state index contributed by atoms with van der Waals surface area (Å²) in [5.41, 5.74) is 1.34. The van der Waals surface area contributed by atoms with Crippen molar-refractivity contribution in [3.05, 3.63) is 39.9 Å². The highest BCUT2D eigenvalue weighted by Crippen LogP contribution is 2.26. The molecule has 0 atom stereocenters. The molecule has 2 aromatic rings. The average Bonchev–Trinajstić information content (AvgIpc) is 3.03. The lowest BCUT2D eigenvalue weighted by molar-refractivity contribution is 0.0337. The van der Waals surface area contributed by atoms with Crippen molar-refractivity contribution >= 4 is 34.0 Å². The predicted octanol–water partition coefficient (Wildman–Crippen LogP) is 3.67. The van der Waals surface area contributed by atoms with Crippen LogP contribution in [0.2, 0.25) is 5.02 Å². The minimum absolute atomic E-state index is 0.0392. The molecule has 0 saturated carbocycles. The first-order valence-electron chi connectivity index (χ1n) is 8.53. The topological polar surface area (TPSA) is 63.7 Å². The Balaban J connectivity index is 1.67. The summed E-state index contributed by atoms with van der Waals surface area (Å²) < 4.78 is 11.1. The molecule has 0 radical (unpaired) electrons. The van der Waals surface area contributed by atoms with Crippen molar-refractivity contribution in [1.82, 2.24) is 9.88 Å². The molecule has 1 aromatic carbocycles. The van der Waals surface area contributed by atoms with Gasteiger partial charge in [0.1, 0.15) is 5.75 Å². The lowest BCUT2D eigenvalue weighted by Gasteiger charge is -2.25. The van der Waals surface area contributed by atoms with Crippen LogP contribution in [-0.2, 0) is 11.3 Å². The van der Waals surface area contributed by atoms with Gasteiger partial charge in [0.2, 0.25) is 0 Å². The zero-order valence-corrected chi connectivity index (χ0v) is 16.4. The molecule has 0 aliphatic carbocycles. The molecule has 26 heavy (non-hydrogen) atoms. The summed E-state index contributed by atoms with van der Waals surface area (Å²) in [5.74, 6) is 0.224. The van der Waals surface area contributed by atoms with Crippen LogP contribution in [0.1, 0.15) is 29.9 Å². The van der Waals surface area contributed by atoms with Gasteiger partial charge in [-0.1, -0.05) is 11.6 Å². The number of halogens is 1. The highest BCUT2D eigenvalue weighted by Gasteiger charge is 2.17. The standard InChI is InChI=1S/C18H22ClN3O3S/c1-12(2)25-16-4-3-13(19)9-15(16)17(23)21-18-20-14(11-26-18)10-22-5-7-24-8-6-22/h3-4,9,11-12H,5-8,10H2,1-2H3,(H,20,21,23). The fourth-order valence-corrected chi connectivity index (χ4v) is 3.49. The van der Waals surface area contributed by atoms with Gasteiger partial charge in [0.05, 0.1) is 30.6 Å². The zero-order valence-electron chi connectivity index (χ0n) is 14.8. The summed E-state index contributed by atoms with van der Waals surface area (Å²) >= 11 is 7.46. The number of ether oxygens (including phenoxy) is 2. The third-order valence-electron chi connectivity index (χ3n) is 3.81. The number of amides is 1. The average molecular weight is 396 g/mol. The third kappa shape index (κ3) is 5.17. The van der Waals surface area contributed by atoms with E-state index in [0.29, 0.717) is 21.5 Å². The van der Waals surface area contributed by atoms with Crippen molar-refractivity contribution < 1.29 is 14.3 Å². The van der Waals surface area contributed by atoms with Gasteiger partial charge < -0.3 is 9.47 Å². The maximum absolute atomic E-state index is 12.7. The van der Waals surface area contributed by atoms with Crippen molar-refractivity contribution in [2.24, 2.45) is 0 Å². The lowest BCUT2D eigenvalue weighted by atomic mass is 10.2. The van der Waals surface area contributed by atoms with Gasteiger partial charge in [-0.25, -0.2) is 4.98 Å². The van der Waals surface area contributed by atoms with E-state index in [-0.39, 0.29) is 12.0 Å². The van der Waals surface area contributed by atoms with Gasteiger partial charge in [-0.15, -0.1) is 11.3 Å². The Morgan fingerprint density at radius 1 is 1.42 bits per heavy atom. The summed E-state index contributed by atoms with van der Waals surface area (Å²) in [5, 5.41) is 5.86. The molecule has 0 bridgehead atoms. The smallest absolute Gasteiger partial charge is 0.261 e. The van der Waals surface area contributed by atoms with Gasteiger partial charge in [0.15, 0.2) is 5.13 Å². The monoisotopic (exact) mass is 395 g/mol. The van der Waals surface area contributed by atoms with E-state index in [2.05, 4.69) is 15.2 Å². The van der Waals surface area contributed by atoms with Crippen LogP contribution in [-0.4, -0.2) is 48.2 Å². The Labute approximate surface area is 162 Å². The largest absolute Gasteiger partial charge is 0.490 e. The summed E-state index contributed by atoms with van der Waals surface area (Å²) in [6.45, 7) is 7.89. The number of hydrogen-bond acceptors (Lipinski definition) is 6. The summed E-state index contributed by atoms with van der Waals surface area (Å²) in [7, 11) is 0. The van der Waals surface area contributed by atoms with Gasteiger partial charge >= 0.3 is 0 Å². The van der Waals surface area contributed by atoms with E-state index in [1.807, 2.05) is 19.2 Å². The third-order valence-corrected chi connectivity index (χ3v) is 4.85. The molecule has 140 valence electrons. The maximum Gasteiger partial charge on any atom is 0.261 e. The van der Waals surface area contributed by atoms with Gasteiger partial charge in [0.25, 0.3) is 5.91 Å². The molecule has 1 aliphatic heterocycles. The Kier molecular flexibility index (Phi) is 6.48. The van der Waals surface area contributed by atoms with E-state index in [1.54, 1.807) is 18.2 Å². The number of carbonyl (C=O) groups is 1. The minimum Gasteiger partial charge on any atom is -0.490 e. The van der Waals surface area contributed by atoms with Gasteiger partial charge in [-0.2, -0.15) is 0 Å². The normalized spacial score (nSPS) is 15.2. The van der Waals surface area contributed by atoms with Crippen LogP contribution in [0.4, 0.5) is 5.13 Å². The highest BCUT2D eigenvalue weighted by atomic mass is 35.5. The first kappa shape index (κ1) is 19.1.